The Hall–Kier alpha value is -0.290. The first-order valence-electron chi connectivity index (χ1n) is 4.87. The summed E-state index contributed by atoms with van der Waals surface area (Å²) < 4.78 is 37.1. The molecule has 0 bridgehead atoms. The molecule has 0 radical (unpaired) electrons. The number of nitrogens with one attached hydrogen (secondary N) is 1. The van der Waals surface area contributed by atoms with Crippen LogP contribution >= 0.6 is 0 Å². The molecule has 1 heterocycles. The molecule has 1 saturated heterocycles. The van der Waals surface area contributed by atoms with Crippen LogP contribution in [0.1, 0.15) is 25.7 Å². The highest BCUT2D eigenvalue weighted by atomic mass is 19.4. The highest BCUT2D eigenvalue weighted by Gasteiger charge is 2.66. The van der Waals surface area contributed by atoms with Crippen LogP contribution in [0.5, 0.6) is 0 Å². The lowest BCUT2D eigenvalue weighted by atomic mass is 9.55. The summed E-state index contributed by atoms with van der Waals surface area (Å²) in [6, 6.07) is 0. The summed E-state index contributed by atoms with van der Waals surface area (Å²) in [5.41, 5.74) is -2.64. The molecule has 82 valence electrons. The second kappa shape index (κ2) is 2.85. The van der Waals surface area contributed by atoms with Crippen LogP contribution in [0.4, 0.5) is 13.2 Å². The maximum absolute atomic E-state index is 12.4. The molecule has 14 heavy (non-hydrogen) atoms. The van der Waals surface area contributed by atoms with Gasteiger partial charge in [0.2, 0.25) is 0 Å². The fourth-order valence-electron chi connectivity index (χ4n) is 2.70. The zero-order valence-electron chi connectivity index (χ0n) is 7.82. The SMILES string of the molecule is OC1(C(F)(F)F)CC2(CCNCC2)C1. The molecule has 1 aliphatic heterocycles. The molecule has 5 heteroatoms. The van der Waals surface area contributed by atoms with Gasteiger partial charge in [-0.3, -0.25) is 0 Å². The van der Waals surface area contributed by atoms with Gasteiger partial charge in [0.05, 0.1) is 0 Å². The van der Waals surface area contributed by atoms with Gasteiger partial charge in [0.25, 0.3) is 0 Å². The van der Waals surface area contributed by atoms with E-state index in [0.29, 0.717) is 0 Å². The minimum atomic E-state index is -4.46. The number of rotatable bonds is 0. The summed E-state index contributed by atoms with van der Waals surface area (Å²) >= 11 is 0. The van der Waals surface area contributed by atoms with Crippen molar-refractivity contribution in [1.82, 2.24) is 5.32 Å². The first kappa shape index (κ1) is 10.2. The highest BCUT2D eigenvalue weighted by molar-refractivity contribution is 5.09. The van der Waals surface area contributed by atoms with Crippen LogP contribution < -0.4 is 5.32 Å². The van der Waals surface area contributed by atoms with E-state index in [4.69, 9.17) is 0 Å². The van der Waals surface area contributed by atoms with Crippen molar-refractivity contribution in [2.45, 2.75) is 37.5 Å². The van der Waals surface area contributed by atoms with Crippen molar-refractivity contribution < 1.29 is 18.3 Å². The molecule has 0 unspecified atom stereocenters. The lowest BCUT2D eigenvalue weighted by molar-refractivity contribution is -0.319. The monoisotopic (exact) mass is 209 g/mol. The minimum Gasteiger partial charge on any atom is -0.380 e. The topological polar surface area (TPSA) is 32.3 Å². The summed E-state index contributed by atoms with van der Waals surface area (Å²) in [5, 5.41) is 12.4. The van der Waals surface area contributed by atoms with Crippen molar-refractivity contribution in [2.24, 2.45) is 5.41 Å². The van der Waals surface area contributed by atoms with E-state index in [9.17, 15) is 18.3 Å². The van der Waals surface area contributed by atoms with Crippen molar-refractivity contribution in [2.75, 3.05) is 13.1 Å². The van der Waals surface area contributed by atoms with E-state index >= 15 is 0 Å². The fraction of sp³-hybridized carbons (Fsp3) is 1.00. The summed E-state index contributed by atoms with van der Waals surface area (Å²) in [6.07, 6.45) is -3.16. The van der Waals surface area contributed by atoms with Crippen LogP contribution in [-0.4, -0.2) is 30.0 Å². The fourth-order valence-corrected chi connectivity index (χ4v) is 2.70. The molecule has 0 aromatic carbocycles. The lowest BCUT2D eigenvalue weighted by Gasteiger charge is -2.55. The van der Waals surface area contributed by atoms with E-state index in [0.717, 1.165) is 25.9 Å². The van der Waals surface area contributed by atoms with E-state index in [1.165, 1.54) is 0 Å². The number of aliphatic hydroxyl groups is 1. The normalized spacial score (nSPS) is 30.0. The number of halogens is 3. The summed E-state index contributed by atoms with van der Waals surface area (Å²) in [5.74, 6) is 0. The maximum Gasteiger partial charge on any atom is 0.417 e. The zero-order valence-corrected chi connectivity index (χ0v) is 7.82. The highest BCUT2D eigenvalue weighted by Crippen LogP contribution is 2.59. The molecular weight excluding hydrogens is 195 g/mol. The third-order valence-electron chi connectivity index (χ3n) is 3.53. The van der Waals surface area contributed by atoms with Crippen molar-refractivity contribution in [3.05, 3.63) is 0 Å². The summed E-state index contributed by atoms with van der Waals surface area (Å²) in [7, 11) is 0. The molecule has 2 N–H and O–H groups in total. The van der Waals surface area contributed by atoms with Crippen molar-refractivity contribution in [3.8, 4) is 0 Å². The Bertz CT molecular complexity index is 225. The average molecular weight is 209 g/mol. The Morgan fingerprint density at radius 2 is 1.57 bits per heavy atom. The first-order chi connectivity index (χ1) is 6.37. The standard InChI is InChI=1S/C9H14F3NO/c10-9(11,12)8(14)5-7(6-8)1-3-13-4-2-7/h13-14H,1-6H2. The van der Waals surface area contributed by atoms with Crippen LogP contribution in [0.15, 0.2) is 0 Å². The van der Waals surface area contributed by atoms with Crippen LogP contribution in [0.2, 0.25) is 0 Å². The molecule has 1 saturated carbocycles. The Balaban J connectivity index is 2.00. The quantitative estimate of drug-likeness (QED) is 0.632. The van der Waals surface area contributed by atoms with E-state index < -0.39 is 11.8 Å². The van der Waals surface area contributed by atoms with Gasteiger partial charge in [-0.15, -0.1) is 0 Å². The second-order valence-corrected chi connectivity index (χ2v) is 4.63. The van der Waals surface area contributed by atoms with Crippen LogP contribution in [0, 0.1) is 5.41 Å². The number of piperidine rings is 1. The molecule has 1 spiro atoms. The van der Waals surface area contributed by atoms with Crippen LogP contribution in [0.25, 0.3) is 0 Å². The van der Waals surface area contributed by atoms with Crippen molar-refractivity contribution in [3.63, 3.8) is 0 Å². The van der Waals surface area contributed by atoms with Gasteiger partial charge >= 0.3 is 6.18 Å². The summed E-state index contributed by atoms with van der Waals surface area (Å²) in [4.78, 5) is 0. The van der Waals surface area contributed by atoms with E-state index in [1.807, 2.05) is 0 Å². The third-order valence-corrected chi connectivity index (χ3v) is 3.53. The molecule has 1 aliphatic carbocycles. The van der Waals surface area contributed by atoms with Gasteiger partial charge in [0.1, 0.15) is 0 Å². The molecule has 2 aliphatic rings. The molecule has 0 amide bonds. The molecule has 2 rings (SSSR count). The number of hydrogen-bond acceptors (Lipinski definition) is 2. The minimum absolute atomic E-state index is 0.106. The largest absolute Gasteiger partial charge is 0.417 e. The van der Waals surface area contributed by atoms with Crippen LogP contribution in [0.3, 0.4) is 0 Å². The lowest BCUT2D eigenvalue weighted by Crippen LogP contribution is -2.62. The Labute approximate surface area is 80.5 Å². The van der Waals surface area contributed by atoms with Gasteiger partial charge in [0.15, 0.2) is 5.60 Å². The molecule has 2 nitrogen and oxygen atoms in total. The molecule has 0 aromatic rings. The van der Waals surface area contributed by atoms with Gasteiger partial charge in [0, 0.05) is 0 Å². The molecule has 0 aromatic heterocycles. The zero-order chi connectivity index (χ0) is 10.4. The van der Waals surface area contributed by atoms with Gasteiger partial charge in [-0.25, -0.2) is 0 Å². The Morgan fingerprint density at radius 1 is 1.07 bits per heavy atom. The number of alkyl halides is 3. The van der Waals surface area contributed by atoms with Crippen LogP contribution in [-0.2, 0) is 0 Å². The maximum atomic E-state index is 12.4. The van der Waals surface area contributed by atoms with E-state index in [-0.39, 0.29) is 18.3 Å². The predicted octanol–water partition coefficient (Wildman–Crippen LogP) is 1.44. The smallest absolute Gasteiger partial charge is 0.380 e. The van der Waals surface area contributed by atoms with Gasteiger partial charge in [-0.2, -0.15) is 13.2 Å². The van der Waals surface area contributed by atoms with Gasteiger partial charge in [-0.1, -0.05) is 0 Å². The Kier molecular flexibility index (Phi) is 2.09. The van der Waals surface area contributed by atoms with Crippen molar-refractivity contribution in [1.29, 1.82) is 0 Å². The van der Waals surface area contributed by atoms with E-state index in [2.05, 4.69) is 5.32 Å². The van der Waals surface area contributed by atoms with E-state index in [1.54, 1.807) is 0 Å². The number of hydrogen-bond donors (Lipinski definition) is 2. The average Bonchev–Trinajstić information content (AvgIpc) is 2.01. The third kappa shape index (κ3) is 1.42. The summed E-state index contributed by atoms with van der Waals surface area (Å²) in [6.45, 7) is 1.54. The van der Waals surface area contributed by atoms with Crippen molar-refractivity contribution >= 4 is 0 Å². The second-order valence-electron chi connectivity index (χ2n) is 4.63. The predicted molar refractivity (Wildman–Crippen MR) is 44.8 cm³/mol. The van der Waals surface area contributed by atoms with Gasteiger partial charge in [-0.05, 0) is 44.2 Å². The first-order valence-corrected chi connectivity index (χ1v) is 4.87. The van der Waals surface area contributed by atoms with Gasteiger partial charge < -0.3 is 10.4 Å². The molecule has 2 fully saturated rings. The molecular formula is C9H14F3NO. The Morgan fingerprint density at radius 3 is 2.00 bits per heavy atom. The molecule has 0 atom stereocenters.